The minimum atomic E-state index is 0. The molecule has 1 heterocycles. The lowest BCUT2D eigenvalue weighted by Gasteiger charge is -2.12. The lowest BCUT2D eigenvalue weighted by molar-refractivity contribution is 0.472. The van der Waals surface area contributed by atoms with Crippen molar-refractivity contribution in [3.05, 3.63) is 11.1 Å². The fourth-order valence-corrected chi connectivity index (χ4v) is 3.80. The molecule has 5 nitrogen and oxygen atoms in total. The Morgan fingerprint density at radius 3 is 2.67 bits per heavy atom. The number of halogens is 1. The molecule has 2 rings (SSSR count). The molecule has 0 bridgehead atoms. The molecule has 1 fully saturated rings. The van der Waals surface area contributed by atoms with Gasteiger partial charge in [-0.15, -0.1) is 35.3 Å². The van der Waals surface area contributed by atoms with Crippen LogP contribution in [0.1, 0.15) is 50.6 Å². The number of aromatic nitrogens is 1. The molecular formula is C17H32IN5S. The van der Waals surface area contributed by atoms with Crippen LogP contribution in [0.3, 0.4) is 0 Å². The Labute approximate surface area is 167 Å². The summed E-state index contributed by atoms with van der Waals surface area (Å²) in [4.78, 5) is 10.9. The van der Waals surface area contributed by atoms with Crippen LogP contribution in [0.15, 0.2) is 10.4 Å². The number of aliphatic imine (C=N–C) groups is 1. The van der Waals surface area contributed by atoms with E-state index in [4.69, 9.17) is 0 Å². The molecule has 1 aromatic heterocycles. The summed E-state index contributed by atoms with van der Waals surface area (Å²) in [6.07, 6.45) is 9.77. The number of nitrogens with one attached hydrogen (secondary N) is 2. The smallest absolute Gasteiger partial charge is 0.191 e. The molecule has 7 heteroatoms. The summed E-state index contributed by atoms with van der Waals surface area (Å²) in [7, 11) is 5.85. The number of nitrogens with zero attached hydrogens (tertiary/aromatic N) is 3. The highest BCUT2D eigenvalue weighted by atomic mass is 127. The van der Waals surface area contributed by atoms with Gasteiger partial charge in [-0.25, -0.2) is 4.98 Å². The van der Waals surface area contributed by atoms with Crippen LogP contribution in [0, 0.1) is 5.92 Å². The first-order chi connectivity index (χ1) is 11.2. The Balaban J connectivity index is 0.00000288. The summed E-state index contributed by atoms with van der Waals surface area (Å²) in [5, 5.41) is 9.87. The highest BCUT2D eigenvalue weighted by Gasteiger charge is 2.13. The Bertz CT molecular complexity index is 483. The van der Waals surface area contributed by atoms with Gasteiger partial charge in [0.25, 0.3) is 0 Å². The van der Waals surface area contributed by atoms with Crippen molar-refractivity contribution < 1.29 is 0 Å². The first kappa shape index (κ1) is 21.5. The number of hydrogen-bond acceptors (Lipinski definition) is 4. The number of thiazole rings is 1. The van der Waals surface area contributed by atoms with E-state index in [1.807, 2.05) is 26.0 Å². The van der Waals surface area contributed by atoms with Crippen molar-refractivity contribution in [3.8, 4) is 0 Å². The number of guanidine groups is 1. The summed E-state index contributed by atoms with van der Waals surface area (Å²) in [6.45, 7) is 1.71. The molecule has 0 radical (unpaired) electrons. The van der Waals surface area contributed by atoms with E-state index in [0.717, 1.165) is 29.2 Å². The highest BCUT2D eigenvalue weighted by Crippen LogP contribution is 2.28. The summed E-state index contributed by atoms with van der Waals surface area (Å²) in [6, 6.07) is 0. The molecule has 0 spiro atoms. The monoisotopic (exact) mass is 465 g/mol. The molecule has 0 aliphatic heterocycles. The van der Waals surface area contributed by atoms with Gasteiger partial charge in [0.1, 0.15) is 0 Å². The van der Waals surface area contributed by atoms with E-state index >= 15 is 0 Å². The summed E-state index contributed by atoms with van der Waals surface area (Å²) < 4.78 is 0. The maximum atomic E-state index is 4.57. The molecule has 24 heavy (non-hydrogen) atoms. The zero-order valence-electron chi connectivity index (χ0n) is 15.2. The molecule has 0 aromatic carbocycles. The predicted molar refractivity (Wildman–Crippen MR) is 116 cm³/mol. The van der Waals surface area contributed by atoms with Crippen LogP contribution in [0.4, 0.5) is 5.13 Å². The number of unbranched alkanes of at least 4 members (excludes halogenated alkanes) is 1. The number of anilines is 1. The minimum Gasteiger partial charge on any atom is -0.356 e. The van der Waals surface area contributed by atoms with Gasteiger partial charge in [-0.1, -0.05) is 38.5 Å². The van der Waals surface area contributed by atoms with Crippen LogP contribution in [0.2, 0.25) is 0 Å². The van der Waals surface area contributed by atoms with Crippen LogP contribution < -0.4 is 15.5 Å². The number of rotatable bonds is 8. The lowest BCUT2D eigenvalue weighted by atomic mass is 10.0. The molecule has 0 unspecified atom stereocenters. The highest BCUT2D eigenvalue weighted by molar-refractivity contribution is 14.0. The van der Waals surface area contributed by atoms with Crippen LogP contribution in [-0.2, 0) is 6.54 Å². The van der Waals surface area contributed by atoms with E-state index in [1.165, 1.54) is 44.9 Å². The van der Waals surface area contributed by atoms with Crippen molar-refractivity contribution in [2.45, 2.75) is 51.5 Å². The third kappa shape index (κ3) is 7.55. The van der Waals surface area contributed by atoms with Crippen molar-refractivity contribution in [2.24, 2.45) is 10.9 Å². The fraction of sp³-hybridized carbons (Fsp3) is 0.765. The van der Waals surface area contributed by atoms with Gasteiger partial charge in [0, 0.05) is 33.1 Å². The van der Waals surface area contributed by atoms with Crippen molar-refractivity contribution in [1.82, 2.24) is 15.6 Å². The summed E-state index contributed by atoms with van der Waals surface area (Å²) in [5.74, 6) is 1.87. The Morgan fingerprint density at radius 1 is 1.29 bits per heavy atom. The van der Waals surface area contributed by atoms with E-state index < -0.39 is 0 Å². The molecule has 1 saturated carbocycles. The predicted octanol–water partition coefficient (Wildman–Crippen LogP) is 3.85. The van der Waals surface area contributed by atoms with Gasteiger partial charge < -0.3 is 15.5 Å². The second-order valence-electron chi connectivity index (χ2n) is 6.51. The van der Waals surface area contributed by atoms with E-state index in [-0.39, 0.29) is 24.0 Å². The average molecular weight is 465 g/mol. The molecule has 0 atom stereocenters. The molecular weight excluding hydrogens is 433 g/mol. The topological polar surface area (TPSA) is 52.6 Å². The Hall–Kier alpha value is -0.570. The Kier molecular flexibility index (Phi) is 10.6. The van der Waals surface area contributed by atoms with Crippen molar-refractivity contribution in [1.29, 1.82) is 0 Å². The Morgan fingerprint density at radius 2 is 2.04 bits per heavy atom. The second kappa shape index (κ2) is 11.9. The second-order valence-corrected chi connectivity index (χ2v) is 7.35. The maximum absolute atomic E-state index is 4.57. The van der Waals surface area contributed by atoms with E-state index in [1.54, 1.807) is 11.3 Å². The van der Waals surface area contributed by atoms with Crippen LogP contribution in [-0.4, -0.2) is 38.6 Å². The van der Waals surface area contributed by atoms with Gasteiger partial charge in [0.15, 0.2) is 11.1 Å². The molecule has 0 saturated heterocycles. The zero-order valence-corrected chi connectivity index (χ0v) is 18.3. The van der Waals surface area contributed by atoms with Crippen molar-refractivity contribution in [2.75, 3.05) is 32.6 Å². The third-order valence-corrected chi connectivity index (χ3v) is 5.45. The standard InChI is InChI=1S/C17H31N5S.HI/c1-18-16(19-11-7-6-10-14-8-4-5-9-14)20-12-15-13-23-17(21-15)22(2)3;/h13-14H,4-12H2,1-3H3,(H2,18,19,20);1H. The molecule has 2 N–H and O–H groups in total. The van der Waals surface area contributed by atoms with Gasteiger partial charge in [0.05, 0.1) is 12.2 Å². The van der Waals surface area contributed by atoms with Gasteiger partial charge in [-0.3, -0.25) is 4.99 Å². The van der Waals surface area contributed by atoms with Gasteiger partial charge >= 0.3 is 0 Å². The first-order valence-corrected chi connectivity index (χ1v) is 9.63. The normalized spacial score (nSPS) is 15.2. The minimum absolute atomic E-state index is 0. The van der Waals surface area contributed by atoms with Crippen molar-refractivity contribution >= 4 is 46.4 Å². The quantitative estimate of drug-likeness (QED) is 0.265. The molecule has 1 aliphatic rings. The summed E-state index contributed by atoms with van der Waals surface area (Å²) in [5.41, 5.74) is 1.06. The third-order valence-electron chi connectivity index (χ3n) is 4.39. The van der Waals surface area contributed by atoms with E-state index in [2.05, 4.69) is 26.0 Å². The first-order valence-electron chi connectivity index (χ1n) is 8.75. The van der Waals surface area contributed by atoms with Crippen LogP contribution in [0.25, 0.3) is 0 Å². The van der Waals surface area contributed by atoms with Crippen LogP contribution in [0.5, 0.6) is 0 Å². The van der Waals surface area contributed by atoms with Crippen LogP contribution >= 0.6 is 35.3 Å². The van der Waals surface area contributed by atoms with Crippen molar-refractivity contribution in [3.63, 3.8) is 0 Å². The van der Waals surface area contributed by atoms with E-state index in [0.29, 0.717) is 6.54 Å². The molecule has 0 amide bonds. The largest absolute Gasteiger partial charge is 0.356 e. The van der Waals surface area contributed by atoms with E-state index in [9.17, 15) is 0 Å². The van der Waals surface area contributed by atoms with Gasteiger partial charge in [-0.05, 0) is 12.3 Å². The molecule has 1 aliphatic carbocycles. The molecule has 138 valence electrons. The SMILES string of the molecule is CN=C(NCCCCC1CCCC1)NCc1csc(N(C)C)n1.I. The average Bonchev–Trinajstić information content (AvgIpc) is 3.21. The zero-order chi connectivity index (χ0) is 16.5. The number of hydrogen-bond donors (Lipinski definition) is 2. The molecule has 1 aromatic rings. The maximum Gasteiger partial charge on any atom is 0.191 e. The van der Waals surface area contributed by atoms with Gasteiger partial charge in [-0.2, -0.15) is 0 Å². The lowest BCUT2D eigenvalue weighted by Crippen LogP contribution is -2.37. The summed E-state index contributed by atoms with van der Waals surface area (Å²) >= 11 is 1.67. The van der Waals surface area contributed by atoms with Gasteiger partial charge in [0.2, 0.25) is 0 Å². The fourth-order valence-electron chi connectivity index (χ4n) is 3.04.